The molecular formula is C79H120F5N9O10. The maximum Gasteiger partial charge on any atom is 0.412 e. The Morgan fingerprint density at radius 2 is 0.845 bits per heavy atom. The van der Waals surface area contributed by atoms with E-state index in [-0.39, 0.29) is 56.9 Å². The molecule has 6 fully saturated rings. The largest absolute Gasteiger partial charge is 0.444 e. The standard InChI is InChI=1S/C23H35FN2O2.C17H25FN2O2.C12H17FN2.C12H14FNO3.C10H17NO3.C5H11N.FH/c1-23(2,3)28-22(27)26-13-9-18(10-14-26)15-20-8-7-19(16-21(20)24)17-25-11-5-4-6-12-25;1-17(2,3)22-16(21)19-15-8-7-13(11-14(15)18)12-20-9-5-4-6-10-20;13-11-8-10(4-5-12(11)14)9-15-6-2-1-3-7-15;1-12(2,3)17-11(16)14-10-5-4-8(7-15)6-9(10)13;1-10(2,3)14-9(13)11-6-4-8(12)5-7-11;1-2-4-6-5-3-1;/h7-8,16,18H,4-6,9-15,17H2,1-3H3;7-8,11H,4-6,9-10,12H2,1-3H3,(H,19,21);4-5,8H,1-3,6-7,9,14H2;4-7H,1-3H3,(H,14,16);4-7H2,1-3H3;6H,1-5H2;1H. The SMILES string of the molecule is C1CCNCC1.CC(C)(C)OC(=O)N1CCC(=O)CC1.CC(C)(C)OC(=O)N1CCC(Cc2ccc(CN3CCCCC3)cc2F)CC1.CC(C)(C)OC(=O)Nc1ccc(C=O)cc1F.CC(C)(C)OC(=O)Nc1ccc(CN2CCCCC2)cc1F.F.Nc1ccc(CN2CCCCC2)cc1F. The zero-order valence-electron chi connectivity index (χ0n) is 63.5. The average molecular weight is 1450 g/mol. The van der Waals surface area contributed by atoms with Gasteiger partial charge in [-0.2, -0.15) is 0 Å². The summed E-state index contributed by atoms with van der Waals surface area (Å²) in [4.78, 5) is 78.6. The fraction of sp³-hybridized carbons (Fsp3) is 0.620. The van der Waals surface area contributed by atoms with Gasteiger partial charge in [0, 0.05) is 64.2 Å². The van der Waals surface area contributed by atoms with E-state index in [1.165, 1.54) is 108 Å². The molecule has 6 aliphatic heterocycles. The van der Waals surface area contributed by atoms with Crippen molar-refractivity contribution in [3.05, 3.63) is 124 Å². The molecule has 4 aromatic carbocycles. The van der Waals surface area contributed by atoms with Crippen LogP contribution in [0.1, 0.15) is 218 Å². The highest BCUT2D eigenvalue weighted by molar-refractivity contribution is 5.86. The number of hydrogen-bond acceptors (Lipinski definition) is 15. The molecule has 576 valence electrons. The second-order valence-corrected chi connectivity index (χ2v) is 31.1. The first-order chi connectivity index (χ1) is 48.1. The molecule has 6 heterocycles. The predicted molar refractivity (Wildman–Crippen MR) is 398 cm³/mol. The maximum atomic E-state index is 14.6. The molecule has 0 aliphatic carbocycles. The number of rotatable bonds is 11. The van der Waals surface area contributed by atoms with Gasteiger partial charge in [0.25, 0.3) is 0 Å². The summed E-state index contributed by atoms with van der Waals surface area (Å²) in [5, 5.41) is 8.00. The van der Waals surface area contributed by atoms with Gasteiger partial charge in [0.05, 0.1) is 17.1 Å². The molecule has 0 unspecified atom stereocenters. The van der Waals surface area contributed by atoms with Crippen molar-refractivity contribution in [2.75, 3.05) is 94.9 Å². The maximum absolute atomic E-state index is 14.6. The summed E-state index contributed by atoms with van der Waals surface area (Å²) in [5.74, 6) is -0.847. The number of carbonyl (C=O) groups excluding carboxylic acids is 6. The van der Waals surface area contributed by atoms with E-state index in [0.717, 1.165) is 106 Å². The van der Waals surface area contributed by atoms with Crippen molar-refractivity contribution in [1.29, 1.82) is 0 Å². The van der Waals surface area contributed by atoms with Gasteiger partial charge in [0.1, 0.15) is 57.7 Å². The second kappa shape index (κ2) is 43.8. The first-order valence-electron chi connectivity index (χ1n) is 36.8. The molecule has 0 saturated carbocycles. The molecule has 10 rings (SSSR count). The van der Waals surface area contributed by atoms with E-state index in [1.54, 1.807) is 75.6 Å². The number of nitrogens with two attached hydrogens (primary N) is 1. The first kappa shape index (κ1) is 88.0. The number of amides is 4. The van der Waals surface area contributed by atoms with E-state index in [4.69, 9.17) is 24.7 Å². The van der Waals surface area contributed by atoms with E-state index in [1.807, 2.05) is 59.7 Å². The summed E-state index contributed by atoms with van der Waals surface area (Å²) in [6.45, 7) is 35.5. The van der Waals surface area contributed by atoms with Crippen molar-refractivity contribution in [3.63, 3.8) is 0 Å². The Morgan fingerprint density at radius 3 is 1.20 bits per heavy atom. The smallest absolute Gasteiger partial charge is 0.412 e. The second-order valence-electron chi connectivity index (χ2n) is 31.1. The Labute approximate surface area is 609 Å². The Bertz CT molecular complexity index is 3230. The lowest BCUT2D eigenvalue weighted by Gasteiger charge is -2.33. The number of nitrogens with zero attached hydrogens (tertiary/aromatic N) is 5. The molecule has 0 bridgehead atoms. The third-order valence-electron chi connectivity index (χ3n) is 17.1. The lowest BCUT2D eigenvalue weighted by atomic mass is 9.89. The highest BCUT2D eigenvalue weighted by Crippen LogP contribution is 2.27. The van der Waals surface area contributed by atoms with E-state index in [0.29, 0.717) is 51.2 Å². The molecule has 5 N–H and O–H groups in total. The summed E-state index contributed by atoms with van der Waals surface area (Å²) in [6, 6.07) is 19.6. The van der Waals surface area contributed by atoms with Crippen LogP contribution < -0.4 is 21.7 Å². The van der Waals surface area contributed by atoms with Crippen LogP contribution in [0, 0.1) is 29.2 Å². The summed E-state index contributed by atoms with van der Waals surface area (Å²) >= 11 is 0. The molecule has 0 aromatic heterocycles. The van der Waals surface area contributed by atoms with E-state index in [9.17, 15) is 46.3 Å². The van der Waals surface area contributed by atoms with E-state index < -0.39 is 46.2 Å². The van der Waals surface area contributed by atoms with Gasteiger partial charge in [-0.25, -0.2) is 36.7 Å². The number of Topliss-reactive ketones (excluding diaryl/α,β-unsaturated/α-hetero) is 1. The molecule has 24 heteroatoms. The number of nitrogens with one attached hydrogen (secondary N) is 3. The summed E-state index contributed by atoms with van der Waals surface area (Å²) in [6.07, 6.45) is 17.6. The monoisotopic (exact) mass is 1450 g/mol. The fourth-order valence-electron chi connectivity index (χ4n) is 12.0. The number of benzene rings is 4. The van der Waals surface area contributed by atoms with Crippen molar-refractivity contribution in [2.45, 2.75) is 234 Å². The Hall–Kier alpha value is -7.41. The van der Waals surface area contributed by atoms with Gasteiger partial charge < -0.3 is 39.8 Å². The van der Waals surface area contributed by atoms with Gasteiger partial charge in [-0.1, -0.05) is 49.9 Å². The van der Waals surface area contributed by atoms with Crippen LogP contribution in [-0.2, 0) is 49.8 Å². The Balaban J connectivity index is 0.000000272. The summed E-state index contributed by atoms with van der Waals surface area (Å²) in [5.41, 5.74) is 7.64. The normalized spacial score (nSPS) is 17.1. The van der Waals surface area contributed by atoms with Crippen LogP contribution >= 0.6 is 0 Å². The number of halogens is 5. The van der Waals surface area contributed by atoms with Crippen molar-refractivity contribution in [3.8, 4) is 0 Å². The van der Waals surface area contributed by atoms with E-state index in [2.05, 4.69) is 36.7 Å². The summed E-state index contributed by atoms with van der Waals surface area (Å²) in [7, 11) is 0. The van der Waals surface area contributed by atoms with Gasteiger partial charge in [0.15, 0.2) is 0 Å². The molecule has 6 saturated heterocycles. The summed E-state index contributed by atoms with van der Waals surface area (Å²) < 4.78 is 76.1. The number of ketones is 1. The third kappa shape index (κ3) is 36.7. The minimum Gasteiger partial charge on any atom is -0.444 e. The number of nitrogen functional groups attached to an aromatic ring is 1. The molecule has 103 heavy (non-hydrogen) atoms. The molecule has 4 amide bonds. The number of ether oxygens (including phenoxy) is 4. The van der Waals surface area contributed by atoms with Crippen molar-refractivity contribution in [1.82, 2.24) is 29.8 Å². The van der Waals surface area contributed by atoms with Crippen molar-refractivity contribution < 1.29 is 70.0 Å². The van der Waals surface area contributed by atoms with Crippen LogP contribution in [0.3, 0.4) is 0 Å². The lowest BCUT2D eigenvalue weighted by molar-refractivity contribution is -0.121. The average Bonchev–Trinajstić information content (AvgIpc) is 0.855. The van der Waals surface area contributed by atoms with E-state index >= 15 is 0 Å². The minimum absolute atomic E-state index is 0. The van der Waals surface area contributed by atoms with Crippen LogP contribution in [0.5, 0.6) is 0 Å². The molecule has 6 aliphatic rings. The van der Waals surface area contributed by atoms with Gasteiger partial charge in [-0.05, 0) is 283 Å². The highest BCUT2D eigenvalue weighted by Gasteiger charge is 2.29. The van der Waals surface area contributed by atoms with Gasteiger partial charge >= 0.3 is 24.4 Å². The third-order valence-corrected chi connectivity index (χ3v) is 17.1. The molecule has 4 aromatic rings. The van der Waals surface area contributed by atoms with Crippen molar-refractivity contribution in [2.24, 2.45) is 5.92 Å². The molecule has 0 atom stereocenters. The van der Waals surface area contributed by atoms with Crippen LogP contribution in [-0.4, -0.2) is 162 Å². The fourth-order valence-corrected chi connectivity index (χ4v) is 12.0. The first-order valence-corrected chi connectivity index (χ1v) is 36.8. The number of piperidine rings is 6. The van der Waals surface area contributed by atoms with Gasteiger partial charge in [-0.15, -0.1) is 0 Å². The number of likely N-dealkylation sites (tertiary alicyclic amines) is 5. The van der Waals surface area contributed by atoms with Crippen molar-refractivity contribution >= 4 is 53.5 Å². The van der Waals surface area contributed by atoms with Gasteiger partial charge in [-0.3, -0.25) is 39.6 Å². The number of aldehydes is 1. The van der Waals surface area contributed by atoms with Crippen LogP contribution in [0.4, 0.5) is 58.5 Å². The lowest BCUT2D eigenvalue weighted by Crippen LogP contribution is -2.42. The minimum atomic E-state index is -0.741. The zero-order chi connectivity index (χ0) is 75.0. The number of hydrogen-bond donors (Lipinski definition) is 4. The Kier molecular flexibility index (Phi) is 37.4. The number of carbonyl (C=O) groups is 6. The number of anilines is 3. The molecule has 0 radical (unpaired) electrons. The molecule has 0 spiro atoms. The topological polar surface area (TPSA) is 218 Å². The predicted octanol–water partition coefficient (Wildman–Crippen LogP) is 17.0. The van der Waals surface area contributed by atoms with Crippen LogP contribution in [0.15, 0.2) is 72.8 Å². The molecular weight excluding hydrogens is 1330 g/mol. The quantitative estimate of drug-likeness (QED) is 0.0475. The Morgan fingerprint density at radius 1 is 0.476 bits per heavy atom. The van der Waals surface area contributed by atoms with Crippen LogP contribution in [0.25, 0.3) is 0 Å². The van der Waals surface area contributed by atoms with Gasteiger partial charge in [0.2, 0.25) is 0 Å². The molecule has 19 nitrogen and oxygen atoms in total. The highest BCUT2D eigenvalue weighted by atomic mass is 19.1. The zero-order valence-corrected chi connectivity index (χ0v) is 63.5. The van der Waals surface area contributed by atoms with Crippen LogP contribution in [0.2, 0.25) is 0 Å².